The van der Waals surface area contributed by atoms with E-state index in [0.717, 1.165) is 38.5 Å². The zero-order valence-corrected chi connectivity index (χ0v) is 28.2. The lowest BCUT2D eigenvalue weighted by Crippen LogP contribution is -2.52. The highest BCUT2D eigenvalue weighted by Gasteiger charge is 2.62. The van der Waals surface area contributed by atoms with Crippen molar-refractivity contribution < 1.29 is 17.6 Å². The standard InChI is InChI=1S/C32H34Br2Cl2F4S/c1-21(33)31(37,38)27(23-9-13-25(35)14-10-23)29(17-5-3-6-18-29)41-30(19-7-4-8-20-30)28(32(39,40)22(2)34)24-11-15-26(36)16-12-24/h9-16,27-28H,1-8,17-20H2. The summed E-state index contributed by atoms with van der Waals surface area (Å²) in [5.74, 6) is -9.28. The van der Waals surface area contributed by atoms with E-state index in [1.165, 1.54) is 11.8 Å². The molecule has 2 aromatic carbocycles. The molecule has 0 aliphatic heterocycles. The molecule has 41 heavy (non-hydrogen) atoms. The molecule has 2 unspecified atom stereocenters. The summed E-state index contributed by atoms with van der Waals surface area (Å²) in [6.45, 7) is 7.23. The van der Waals surface area contributed by atoms with Crippen molar-refractivity contribution in [1.29, 1.82) is 0 Å². The van der Waals surface area contributed by atoms with Crippen LogP contribution in [-0.4, -0.2) is 21.3 Å². The number of rotatable bonds is 10. The van der Waals surface area contributed by atoms with Crippen LogP contribution in [0.5, 0.6) is 0 Å². The van der Waals surface area contributed by atoms with Crippen LogP contribution in [0.1, 0.15) is 87.2 Å². The molecule has 2 atom stereocenters. The minimum absolute atomic E-state index is 0.415. The number of thioether (sulfide) groups is 1. The number of alkyl halides is 4. The summed E-state index contributed by atoms with van der Waals surface area (Å²) in [4.78, 5) is 0. The molecule has 0 radical (unpaired) electrons. The lowest BCUT2D eigenvalue weighted by atomic mass is 9.71. The van der Waals surface area contributed by atoms with Crippen LogP contribution in [0.3, 0.4) is 0 Å². The third kappa shape index (κ3) is 6.95. The maximum atomic E-state index is 16.5. The largest absolute Gasteiger partial charge is 0.287 e. The summed E-state index contributed by atoms with van der Waals surface area (Å²) in [6.07, 6.45) is 6.73. The van der Waals surface area contributed by atoms with Gasteiger partial charge in [0, 0.05) is 19.5 Å². The summed E-state index contributed by atoms with van der Waals surface area (Å²) in [5, 5.41) is 0.890. The van der Waals surface area contributed by atoms with Crippen LogP contribution in [0, 0.1) is 0 Å². The molecule has 2 saturated carbocycles. The van der Waals surface area contributed by atoms with E-state index < -0.39 is 42.1 Å². The first-order valence-electron chi connectivity index (χ1n) is 13.9. The average molecular weight is 757 g/mol. The Morgan fingerprint density at radius 2 is 0.927 bits per heavy atom. The molecule has 2 fully saturated rings. The number of hydrogen-bond acceptors (Lipinski definition) is 1. The first-order valence-corrected chi connectivity index (χ1v) is 17.1. The van der Waals surface area contributed by atoms with Gasteiger partial charge in [0.15, 0.2) is 0 Å². The van der Waals surface area contributed by atoms with Gasteiger partial charge in [0.05, 0.1) is 20.8 Å². The highest BCUT2D eigenvalue weighted by Crippen LogP contribution is 2.66. The Kier molecular flexibility index (Phi) is 10.8. The van der Waals surface area contributed by atoms with Crippen molar-refractivity contribution in [3.05, 3.63) is 91.8 Å². The monoisotopic (exact) mass is 754 g/mol. The zero-order chi connectivity index (χ0) is 30.1. The normalized spacial score (nSPS) is 20.7. The molecule has 0 bridgehead atoms. The second-order valence-corrected chi connectivity index (χ2v) is 16.0. The van der Waals surface area contributed by atoms with E-state index in [-0.39, 0.29) is 0 Å². The highest BCUT2D eigenvalue weighted by atomic mass is 79.9. The molecule has 0 amide bonds. The van der Waals surface area contributed by atoms with Gasteiger partial charge in [-0.05, 0) is 92.9 Å². The number of hydrogen-bond donors (Lipinski definition) is 0. The topological polar surface area (TPSA) is 0 Å². The molecule has 0 nitrogen and oxygen atoms in total. The van der Waals surface area contributed by atoms with Gasteiger partial charge in [0.2, 0.25) is 0 Å². The van der Waals surface area contributed by atoms with Gasteiger partial charge in [-0.3, -0.25) is 0 Å². The Morgan fingerprint density at radius 1 is 0.634 bits per heavy atom. The first-order chi connectivity index (χ1) is 19.3. The van der Waals surface area contributed by atoms with Gasteiger partial charge in [-0.1, -0.05) is 99.2 Å². The van der Waals surface area contributed by atoms with Crippen LogP contribution < -0.4 is 0 Å². The van der Waals surface area contributed by atoms with Crippen LogP contribution >= 0.6 is 66.8 Å². The van der Waals surface area contributed by atoms with Crippen LogP contribution in [0.4, 0.5) is 17.6 Å². The molecule has 0 saturated heterocycles. The molecule has 2 aliphatic carbocycles. The molecule has 2 aliphatic rings. The fraction of sp³-hybridized carbons (Fsp3) is 0.500. The van der Waals surface area contributed by atoms with Gasteiger partial charge in [-0.15, -0.1) is 11.8 Å². The predicted molar refractivity (Wildman–Crippen MR) is 174 cm³/mol. The molecule has 2 aromatic rings. The van der Waals surface area contributed by atoms with Crippen LogP contribution in [0.2, 0.25) is 10.0 Å². The van der Waals surface area contributed by atoms with Crippen molar-refractivity contribution in [3.8, 4) is 0 Å². The van der Waals surface area contributed by atoms with E-state index >= 15 is 17.6 Å². The van der Waals surface area contributed by atoms with E-state index in [1.807, 2.05) is 0 Å². The van der Waals surface area contributed by atoms with Crippen molar-refractivity contribution in [2.75, 3.05) is 0 Å². The zero-order valence-electron chi connectivity index (χ0n) is 22.7. The lowest BCUT2D eigenvalue weighted by Gasteiger charge is -2.55. The van der Waals surface area contributed by atoms with Crippen molar-refractivity contribution in [1.82, 2.24) is 0 Å². The van der Waals surface area contributed by atoms with Crippen LogP contribution in [-0.2, 0) is 0 Å². The molecule has 0 spiro atoms. The summed E-state index contributed by atoms with van der Waals surface area (Å²) in [6, 6.07) is 13.1. The van der Waals surface area contributed by atoms with E-state index in [9.17, 15) is 0 Å². The van der Waals surface area contributed by atoms with Crippen LogP contribution in [0.25, 0.3) is 0 Å². The highest BCUT2D eigenvalue weighted by molar-refractivity contribution is 9.12. The summed E-state index contributed by atoms with van der Waals surface area (Å²) >= 11 is 19.8. The second kappa shape index (κ2) is 13.3. The molecule has 4 rings (SSSR count). The molecular weight excluding hydrogens is 723 g/mol. The van der Waals surface area contributed by atoms with E-state index in [4.69, 9.17) is 23.2 Å². The van der Waals surface area contributed by atoms with Crippen molar-refractivity contribution in [2.24, 2.45) is 0 Å². The number of allylic oxidation sites excluding steroid dienone is 2. The lowest BCUT2D eigenvalue weighted by molar-refractivity contribution is -0.00458. The average Bonchev–Trinajstić information content (AvgIpc) is 2.92. The third-order valence-corrected chi connectivity index (χ3v) is 12.4. The minimum atomic E-state index is -3.34. The third-order valence-electron chi connectivity index (χ3n) is 8.71. The Balaban J connectivity index is 1.96. The van der Waals surface area contributed by atoms with Crippen molar-refractivity contribution in [3.63, 3.8) is 0 Å². The van der Waals surface area contributed by atoms with Gasteiger partial charge in [-0.2, -0.15) is 0 Å². The second-order valence-electron chi connectivity index (χ2n) is 11.4. The van der Waals surface area contributed by atoms with Gasteiger partial charge in [0.1, 0.15) is 0 Å². The molecule has 0 aromatic heterocycles. The van der Waals surface area contributed by atoms with Crippen molar-refractivity contribution in [2.45, 2.75) is 97.4 Å². The smallest absolute Gasteiger partial charge is 0.200 e. The number of benzene rings is 2. The maximum Gasteiger partial charge on any atom is 0.287 e. The summed E-state index contributed by atoms with van der Waals surface area (Å²) < 4.78 is 62.9. The summed E-state index contributed by atoms with van der Waals surface area (Å²) in [5.41, 5.74) is 0.861. The molecule has 224 valence electrons. The fourth-order valence-corrected chi connectivity index (χ4v) is 10.2. The minimum Gasteiger partial charge on any atom is -0.200 e. The number of halogens is 8. The SMILES string of the molecule is C=C(Br)C(F)(F)C(c1ccc(Cl)cc1)C1(SC2(C(c3ccc(Cl)cc3)C(F)(F)C(=C)Br)CCCCC2)CCCCC1. The Morgan fingerprint density at radius 3 is 1.20 bits per heavy atom. The molecule has 0 heterocycles. The maximum absolute atomic E-state index is 16.5. The molecular formula is C32H34Br2Cl2F4S. The van der Waals surface area contributed by atoms with E-state index in [1.54, 1.807) is 48.5 Å². The van der Waals surface area contributed by atoms with Gasteiger partial charge in [0.25, 0.3) is 11.8 Å². The molecule has 9 heteroatoms. The quantitative estimate of drug-likeness (QED) is 0.218. The van der Waals surface area contributed by atoms with Gasteiger partial charge in [-0.25, -0.2) is 17.6 Å². The van der Waals surface area contributed by atoms with Gasteiger partial charge >= 0.3 is 0 Å². The van der Waals surface area contributed by atoms with Crippen LogP contribution in [0.15, 0.2) is 70.7 Å². The van der Waals surface area contributed by atoms with Gasteiger partial charge < -0.3 is 0 Å². The van der Waals surface area contributed by atoms with E-state index in [2.05, 4.69) is 45.0 Å². The summed E-state index contributed by atoms with van der Waals surface area (Å²) in [7, 11) is 0. The first kappa shape index (κ1) is 33.4. The Hall–Kier alpha value is -0.470. The Labute approximate surface area is 272 Å². The van der Waals surface area contributed by atoms with Crippen molar-refractivity contribution >= 4 is 66.8 Å². The Bertz CT molecular complexity index is 1130. The molecule has 0 N–H and O–H groups in total. The van der Waals surface area contributed by atoms with E-state index in [0.29, 0.717) is 46.9 Å². The fourth-order valence-electron chi connectivity index (χ4n) is 6.92. The predicted octanol–water partition coefficient (Wildman–Crippen LogP) is 13.1.